The number of nitrogens with zero attached hydrogens (tertiary/aromatic N) is 1. The molecule has 0 radical (unpaired) electrons. The van der Waals surface area contributed by atoms with Crippen molar-refractivity contribution in [3.05, 3.63) is 0 Å². The molecular weight excluding hydrogens is 437 g/mol. The summed E-state index contributed by atoms with van der Waals surface area (Å²) in [6.45, 7) is 15.2. The van der Waals surface area contributed by atoms with Crippen LogP contribution in [0.1, 0.15) is 156 Å². The van der Waals surface area contributed by atoms with Crippen molar-refractivity contribution in [3.63, 3.8) is 0 Å². The number of halogens is 4. The van der Waals surface area contributed by atoms with E-state index in [1.807, 2.05) is 0 Å². The molecule has 0 bridgehead atoms. The van der Waals surface area contributed by atoms with E-state index in [1.165, 1.54) is 159 Å². The molecule has 0 saturated carbocycles. The van der Waals surface area contributed by atoms with Gasteiger partial charge in [-0.05, 0) is 51.4 Å². The summed E-state index contributed by atoms with van der Waals surface area (Å²) in [5, 5.41) is 0. The lowest BCUT2D eigenvalue weighted by atomic mass is 10.1. The van der Waals surface area contributed by atoms with Crippen LogP contribution in [0.25, 0.3) is 0 Å². The molecule has 0 aliphatic rings. The zero-order chi connectivity index (χ0) is 26.0. The fourth-order valence-corrected chi connectivity index (χ4v) is 4.87. The average molecular weight is 498 g/mol. The van der Waals surface area contributed by atoms with Crippen LogP contribution in [0.2, 0.25) is 0 Å². The minimum atomic E-state index is -6.00. The average Bonchev–Trinajstić information content (AvgIpc) is 2.77. The van der Waals surface area contributed by atoms with Gasteiger partial charge in [-0.2, -0.15) is 0 Å². The van der Waals surface area contributed by atoms with Gasteiger partial charge in [-0.3, -0.25) is 0 Å². The van der Waals surface area contributed by atoms with Gasteiger partial charge in [0.1, 0.15) is 0 Å². The second-order valence-corrected chi connectivity index (χ2v) is 10.4. The molecule has 208 valence electrons. The van der Waals surface area contributed by atoms with Crippen molar-refractivity contribution >= 4 is 7.25 Å². The highest BCUT2D eigenvalue weighted by Crippen LogP contribution is 2.20. The summed E-state index contributed by atoms with van der Waals surface area (Å²) < 4.78 is 40.5. The van der Waals surface area contributed by atoms with Crippen molar-refractivity contribution in [2.24, 2.45) is 0 Å². The predicted octanol–water partition coefficient (Wildman–Crippen LogP) is 11.0. The van der Waals surface area contributed by atoms with E-state index in [2.05, 4.69) is 27.7 Å². The molecule has 34 heavy (non-hydrogen) atoms. The molecule has 1 nitrogen and oxygen atoms in total. The Morgan fingerprint density at radius 2 is 0.529 bits per heavy atom. The maximum absolute atomic E-state index is 9.75. The van der Waals surface area contributed by atoms with E-state index >= 15 is 0 Å². The topological polar surface area (TPSA) is 0 Å². The Kier molecular flexibility index (Phi) is 27.3. The standard InChI is InChI=1S/C28H60N.BF4/c1-5-9-13-17-21-25-29(26-22-18-14-10-6-2,27-23-19-15-11-7-3)28-24-20-16-12-8-4;2-1(3,4)5/h5-28H2,1-4H3;/q+1;-1. The van der Waals surface area contributed by atoms with Crippen LogP contribution in [0, 0.1) is 0 Å². The van der Waals surface area contributed by atoms with E-state index in [1.54, 1.807) is 0 Å². The Balaban J connectivity index is 0. The van der Waals surface area contributed by atoms with E-state index in [0.717, 1.165) is 0 Å². The first-order chi connectivity index (χ1) is 16.2. The largest absolute Gasteiger partial charge is 0.673 e. The fourth-order valence-electron chi connectivity index (χ4n) is 4.87. The molecule has 0 atom stereocenters. The van der Waals surface area contributed by atoms with Crippen LogP contribution in [0.3, 0.4) is 0 Å². The summed E-state index contributed by atoms with van der Waals surface area (Å²) in [6.07, 6.45) is 28.8. The molecule has 6 heteroatoms. The van der Waals surface area contributed by atoms with Gasteiger partial charge in [0.15, 0.2) is 0 Å². The molecule has 0 heterocycles. The summed E-state index contributed by atoms with van der Waals surface area (Å²) >= 11 is 0. The van der Waals surface area contributed by atoms with Crippen molar-refractivity contribution in [1.82, 2.24) is 0 Å². The Labute approximate surface area is 211 Å². The van der Waals surface area contributed by atoms with E-state index < -0.39 is 7.25 Å². The first kappa shape index (κ1) is 35.9. The number of quaternary nitrogens is 1. The van der Waals surface area contributed by atoms with E-state index in [0.29, 0.717) is 0 Å². The smallest absolute Gasteiger partial charge is 0.418 e. The Morgan fingerprint density at radius 1 is 0.353 bits per heavy atom. The highest BCUT2D eigenvalue weighted by molar-refractivity contribution is 6.50. The lowest BCUT2D eigenvalue weighted by molar-refractivity contribution is -0.929. The van der Waals surface area contributed by atoms with Crippen LogP contribution in [-0.4, -0.2) is 37.9 Å². The maximum Gasteiger partial charge on any atom is 0.673 e. The molecule has 0 aliphatic carbocycles. The lowest BCUT2D eigenvalue weighted by Crippen LogP contribution is -2.50. The molecule has 0 unspecified atom stereocenters. The summed E-state index contributed by atoms with van der Waals surface area (Å²) in [6, 6.07) is 0. The number of rotatable bonds is 24. The third-order valence-electron chi connectivity index (χ3n) is 6.94. The summed E-state index contributed by atoms with van der Waals surface area (Å²) in [4.78, 5) is 0. The third kappa shape index (κ3) is 29.8. The second-order valence-electron chi connectivity index (χ2n) is 10.4. The minimum absolute atomic E-state index is 1.37. The maximum atomic E-state index is 9.75. The van der Waals surface area contributed by atoms with Gasteiger partial charge in [0, 0.05) is 0 Å². The highest BCUT2D eigenvalue weighted by Gasteiger charge is 2.25. The third-order valence-corrected chi connectivity index (χ3v) is 6.94. The van der Waals surface area contributed by atoms with Crippen LogP contribution >= 0.6 is 0 Å². The summed E-state index contributed by atoms with van der Waals surface area (Å²) in [5.41, 5.74) is 0. The van der Waals surface area contributed by atoms with Crippen LogP contribution in [0.4, 0.5) is 17.3 Å². The molecular formula is C28H60BF4N. The molecule has 0 aliphatic heterocycles. The zero-order valence-electron chi connectivity index (χ0n) is 23.5. The summed E-state index contributed by atoms with van der Waals surface area (Å²) in [7, 11) is -6.00. The Bertz CT molecular complexity index is 324. The molecule has 0 N–H and O–H groups in total. The minimum Gasteiger partial charge on any atom is -0.418 e. The van der Waals surface area contributed by atoms with Crippen LogP contribution in [0.5, 0.6) is 0 Å². The number of hydrogen-bond acceptors (Lipinski definition) is 0. The first-order valence-corrected chi connectivity index (χ1v) is 15.0. The van der Waals surface area contributed by atoms with Gasteiger partial charge in [-0.1, -0.05) is 105 Å². The van der Waals surface area contributed by atoms with Crippen molar-refractivity contribution in [2.45, 2.75) is 156 Å². The van der Waals surface area contributed by atoms with Gasteiger partial charge in [-0.25, -0.2) is 0 Å². The van der Waals surface area contributed by atoms with E-state index in [-0.39, 0.29) is 0 Å². The Morgan fingerprint density at radius 3 is 0.706 bits per heavy atom. The van der Waals surface area contributed by atoms with E-state index in [9.17, 15) is 17.3 Å². The predicted molar refractivity (Wildman–Crippen MR) is 145 cm³/mol. The van der Waals surface area contributed by atoms with Crippen molar-refractivity contribution in [2.75, 3.05) is 26.2 Å². The van der Waals surface area contributed by atoms with Gasteiger partial charge in [0.2, 0.25) is 0 Å². The molecule has 0 rings (SSSR count). The molecule has 0 amide bonds. The molecule has 0 aromatic heterocycles. The van der Waals surface area contributed by atoms with Crippen LogP contribution < -0.4 is 0 Å². The van der Waals surface area contributed by atoms with Gasteiger partial charge >= 0.3 is 7.25 Å². The van der Waals surface area contributed by atoms with Gasteiger partial charge in [0.25, 0.3) is 0 Å². The van der Waals surface area contributed by atoms with Crippen LogP contribution in [0.15, 0.2) is 0 Å². The van der Waals surface area contributed by atoms with Crippen LogP contribution in [-0.2, 0) is 0 Å². The lowest BCUT2D eigenvalue weighted by Gasteiger charge is -2.39. The normalized spacial score (nSPS) is 12.0. The van der Waals surface area contributed by atoms with Gasteiger partial charge < -0.3 is 21.7 Å². The highest BCUT2D eigenvalue weighted by atomic mass is 19.5. The first-order valence-electron chi connectivity index (χ1n) is 15.0. The van der Waals surface area contributed by atoms with Crippen molar-refractivity contribution in [3.8, 4) is 0 Å². The molecule has 0 saturated heterocycles. The number of hydrogen-bond donors (Lipinski definition) is 0. The second kappa shape index (κ2) is 25.8. The van der Waals surface area contributed by atoms with E-state index in [4.69, 9.17) is 0 Å². The fraction of sp³-hybridized carbons (Fsp3) is 1.00. The van der Waals surface area contributed by atoms with Gasteiger partial charge in [-0.15, -0.1) is 0 Å². The Hall–Kier alpha value is -0.255. The molecule has 0 aromatic carbocycles. The molecule has 0 fully saturated rings. The SMILES string of the molecule is CCCCCCC[N+](CCCCCCC)(CCCCCCC)CCCCCCC.F[B-](F)(F)F. The zero-order valence-corrected chi connectivity index (χ0v) is 23.5. The van der Waals surface area contributed by atoms with Crippen molar-refractivity contribution < 1.29 is 21.7 Å². The van der Waals surface area contributed by atoms with Crippen molar-refractivity contribution in [1.29, 1.82) is 0 Å². The monoisotopic (exact) mass is 497 g/mol. The van der Waals surface area contributed by atoms with Gasteiger partial charge in [0.05, 0.1) is 26.2 Å². The quantitative estimate of drug-likeness (QED) is 0.0538. The molecule has 0 aromatic rings. The number of unbranched alkanes of at least 4 members (excludes halogenated alkanes) is 16. The molecule has 0 spiro atoms. The summed E-state index contributed by atoms with van der Waals surface area (Å²) in [5.74, 6) is 0.